The Labute approximate surface area is 152 Å². The van der Waals surface area contributed by atoms with Gasteiger partial charge in [-0.3, -0.25) is 4.79 Å². The highest BCUT2D eigenvalue weighted by Crippen LogP contribution is 2.25. The van der Waals surface area contributed by atoms with Crippen LogP contribution in [0.3, 0.4) is 0 Å². The number of anilines is 1. The first-order valence-corrected chi connectivity index (χ1v) is 10.3. The minimum absolute atomic E-state index is 0.0740. The molecule has 0 atom stereocenters. The van der Waals surface area contributed by atoms with E-state index in [1.165, 1.54) is 16.2 Å². The Kier molecular flexibility index (Phi) is 7.12. The van der Waals surface area contributed by atoms with Crippen molar-refractivity contribution in [2.24, 2.45) is 0 Å². The van der Waals surface area contributed by atoms with Crippen molar-refractivity contribution in [1.29, 1.82) is 0 Å². The minimum Gasteiger partial charge on any atom is -0.362 e. The molecule has 0 fully saturated rings. The average molecular weight is 364 g/mol. The minimum atomic E-state index is 0.0740. The second kappa shape index (κ2) is 9.08. The van der Waals surface area contributed by atoms with Crippen LogP contribution in [0.2, 0.25) is 0 Å². The van der Waals surface area contributed by atoms with E-state index in [0.717, 1.165) is 40.8 Å². The number of amides is 1. The molecular formula is C18H25N3OS2. The van der Waals surface area contributed by atoms with E-state index in [2.05, 4.69) is 47.7 Å². The standard InChI is InChI=1S/C18H25N3OS2/c1-5-11-21(12-14-7-9-15(23-4)10-8-14)17(22)16-13(3)20-18(24-16)19-6-2/h7-10H,5-6,11-12H2,1-4H3,(H,19,20). The monoisotopic (exact) mass is 363 g/mol. The van der Waals surface area contributed by atoms with Crippen LogP contribution in [0.4, 0.5) is 5.13 Å². The fourth-order valence-electron chi connectivity index (χ4n) is 2.44. The molecule has 1 aromatic heterocycles. The zero-order valence-corrected chi connectivity index (χ0v) is 16.4. The lowest BCUT2D eigenvalue weighted by atomic mass is 10.2. The number of rotatable bonds is 8. The number of benzene rings is 1. The third-order valence-corrected chi connectivity index (χ3v) is 5.48. The Morgan fingerprint density at radius 3 is 2.58 bits per heavy atom. The molecule has 2 rings (SSSR count). The fraction of sp³-hybridized carbons (Fsp3) is 0.444. The first-order chi connectivity index (χ1) is 11.6. The van der Waals surface area contributed by atoms with Crippen LogP contribution in [0.1, 0.15) is 41.2 Å². The Bertz CT molecular complexity index is 667. The summed E-state index contributed by atoms with van der Waals surface area (Å²) in [4.78, 5) is 21.3. The van der Waals surface area contributed by atoms with Gasteiger partial charge in [0.05, 0.1) is 5.69 Å². The lowest BCUT2D eigenvalue weighted by Gasteiger charge is -2.22. The molecule has 0 aliphatic heterocycles. The second-order valence-electron chi connectivity index (χ2n) is 5.54. The highest BCUT2D eigenvalue weighted by atomic mass is 32.2. The number of hydrogen-bond acceptors (Lipinski definition) is 5. The van der Waals surface area contributed by atoms with E-state index < -0.39 is 0 Å². The molecule has 1 heterocycles. The third kappa shape index (κ3) is 4.74. The molecule has 130 valence electrons. The Morgan fingerprint density at radius 2 is 2.00 bits per heavy atom. The Hall–Kier alpha value is -1.53. The van der Waals surface area contributed by atoms with E-state index in [-0.39, 0.29) is 5.91 Å². The van der Waals surface area contributed by atoms with Crippen molar-refractivity contribution >= 4 is 34.1 Å². The van der Waals surface area contributed by atoms with E-state index in [1.54, 1.807) is 11.8 Å². The normalized spacial score (nSPS) is 10.7. The molecule has 4 nitrogen and oxygen atoms in total. The van der Waals surface area contributed by atoms with Crippen LogP contribution < -0.4 is 5.32 Å². The Balaban J connectivity index is 2.17. The van der Waals surface area contributed by atoms with Crippen molar-refractivity contribution in [3.8, 4) is 0 Å². The number of carbonyl (C=O) groups excluding carboxylic acids is 1. The molecule has 0 spiro atoms. The molecule has 2 aromatic rings. The van der Waals surface area contributed by atoms with Gasteiger partial charge in [0.2, 0.25) is 0 Å². The quantitative estimate of drug-likeness (QED) is 0.693. The molecule has 0 aliphatic carbocycles. The van der Waals surface area contributed by atoms with Crippen molar-refractivity contribution in [2.45, 2.75) is 38.6 Å². The topological polar surface area (TPSA) is 45.2 Å². The summed E-state index contributed by atoms with van der Waals surface area (Å²) >= 11 is 3.17. The number of aromatic nitrogens is 1. The van der Waals surface area contributed by atoms with E-state index in [0.29, 0.717) is 6.54 Å². The average Bonchev–Trinajstić information content (AvgIpc) is 2.95. The molecule has 1 amide bonds. The van der Waals surface area contributed by atoms with E-state index in [4.69, 9.17) is 0 Å². The molecule has 1 N–H and O–H groups in total. The van der Waals surface area contributed by atoms with Gasteiger partial charge in [0.15, 0.2) is 5.13 Å². The summed E-state index contributed by atoms with van der Waals surface area (Å²) in [5.41, 5.74) is 1.96. The molecule has 0 saturated heterocycles. The molecule has 6 heteroatoms. The molecule has 0 radical (unpaired) electrons. The van der Waals surface area contributed by atoms with Gasteiger partial charge in [0.25, 0.3) is 5.91 Å². The summed E-state index contributed by atoms with van der Waals surface area (Å²) in [5.74, 6) is 0.0740. The zero-order chi connectivity index (χ0) is 17.5. The van der Waals surface area contributed by atoms with Crippen molar-refractivity contribution in [1.82, 2.24) is 9.88 Å². The number of hydrogen-bond donors (Lipinski definition) is 1. The largest absolute Gasteiger partial charge is 0.362 e. The first kappa shape index (κ1) is 18.8. The molecule has 0 unspecified atom stereocenters. The van der Waals surface area contributed by atoms with Crippen LogP contribution >= 0.6 is 23.1 Å². The highest BCUT2D eigenvalue weighted by Gasteiger charge is 2.21. The number of carbonyl (C=O) groups is 1. The maximum absolute atomic E-state index is 13.0. The van der Waals surface area contributed by atoms with Crippen molar-refractivity contribution < 1.29 is 4.79 Å². The SMILES string of the molecule is CCCN(Cc1ccc(SC)cc1)C(=O)c1sc(NCC)nc1C. The summed E-state index contributed by atoms with van der Waals surface area (Å²) in [6, 6.07) is 8.42. The van der Waals surface area contributed by atoms with Gasteiger partial charge in [-0.2, -0.15) is 0 Å². The maximum atomic E-state index is 13.0. The van der Waals surface area contributed by atoms with E-state index >= 15 is 0 Å². The van der Waals surface area contributed by atoms with Gasteiger partial charge in [-0.15, -0.1) is 11.8 Å². The highest BCUT2D eigenvalue weighted by molar-refractivity contribution is 7.98. The fourth-order valence-corrected chi connectivity index (χ4v) is 3.85. The summed E-state index contributed by atoms with van der Waals surface area (Å²) in [6.45, 7) is 8.22. The molecule has 0 saturated carbocycles. The molecule has 24 heavy (non-hydrogen) atoms. The van der Waals surface area contributed by atoms with Gasteiger partial charge in [-0.1, -0.05) is 30.4 Å². The van der Waals surface area contributed by atoms with Gasteiger partial charge in [0, 0.05) is 24.5 Å². The second-order valence-corrected chi connectivity index (χ2v) is 7.42. The predicted molar refractivity (Wildman–Crippen MR) is 104 cm³/mol. The van der Waals surface area contributed by atoms with Crippen molar-refractivity contribution in [3.63, 3.8) is 0 Å². The first-order valence-electron chi connectivity index (χ1n) is 8.22. The Morgan fingerprint density at radius 1 is 1.29 bits per heavy atom. The predicted octanol–water partition coefficient (Wildman–Crippen LogP) is 4.66. The number of nitrogens with zero attached hydrogens (tertiary/aromatic N) is 2. The van der Waals surface area contributed by atoms with Crippen molar-refractivity contribution in [3.05, 3.63) is 40.4 Å². The van der Waals surface area contributed by atoms with Crippen LogP contribution in [0.5, 0.6) is 0 Å². The van der Waals surface area contributed by atoms with Crippen LogP contribution in [-0.4, -0.2) is 35.1 Å². The third-order valence-electron chi connectivity index (χ3n) is 3.63. The molecule has 0 bridgehead atoms. The van der Waals surface area contributed by atoms with E-state index in [9.17, 15) is 4.79 Å². The van der Waals surface area contributed by atoms with Gasteiger partial charge < -0.3 is 10.2 Å². The van der Waals surface area contributed by atoms with Crippen LogP contribution in [-0.2, 0) is 6.54 Å². The summed E-state index contributed by atoms with van der Waals surface area (Å²) in [7, 11) is 0. The van der Waals surface area contributed by atoms with Crippen molar-refractivity contribution in [2.75, 3.05) is 24.7 Å². The summed E-state index contributed by atoms with van der Waals surface area (Å²) in [6.07, 6.45) is 3.00. The van der Waals surface area contributed by atoms with Gasteiger partial charge in [-0.25, -0.2) is 4.98 Å². The summed E-state index contributed by atoms with van der Waals surface area (Å²) in [5, 5.41) is 4.01. The molecule has 1 aromatic carbocycles. The lowest BCUT2D eigenvalue weighted by Crippen LogP contribution is -2.31. The molecular weight excluding hydrogens is 338 g/mol. The van der Waals surface area contributed by atoms with Gasteiger partial charge in [0.1, 0.15) is 4.88 Å². The zero-order valence-electron chi connectivity index (χ0n) is 14.8. The number of thiazole rings is 1. The smallest absolute Gasteiger partial charge is 0.266 e. The lowest BCUT2D eigenvalue weighted by molar-refractivity contribution is 0.0747. The number of nitrogens with one attached hydrogen (secondary N) is 1. The maximum Gasteiger partial charge on any atom is 0.266 e. The van der Waals surface area contributed by atoms with Crippen LogP contribution in [0.25, 0.3) is 0 Å². The summed E-state index contributed by atoms with van der Waals surface area (Å²) < 4.78 is 0. The van der Waals surface area contributed by atoms with Crippen LogP contribution in [0, 0.1) is 6.92 Å². The van der Waals surface area contributed by atoms with E-state index in [1.807, 2.05) is 18.7 Å². The number of aryl methyl sites for hydroxylation is 1. The number of thioether (sulfide) groups is 1. The van der Waals surface area contributed by atoms with Crippen LogP contribution in [0.15, 0.2) is 29.2 Å². The van der Waals surface area contributed by atoms with Gasteiger partial charge >= 0.3 is 0 Å². The molecule has 0 aliphatic rings. The van der Waals surface area contributed by atoms with Gasteiger partial charge in [-0.05, 0) is 44.2 Å².